The maximum absolute atomic E-state index is 12.7. The zero-order chi connectivity index (χ0) is 20.6. The third-order valence-electron chi connectivity index (χ3n) is 4.32. The molecule has 0 N–H and O–H groups in total. The third-order valence-corrected chi connectivity index (χ3v) is 5.37. The van der Waals surface area contributed by atoms with Gasteiger partial charge in [-0.2, -0.15) is 0 Å². The van der Waals surface area contributed by atoms with Crippen LogP contribution in [0.5, 0.6) is 0 Å². The van der Waals surface area contributed by atoms with Gasteiger partial charge in [0.2, 0.25) is 0 Å². The van der Waals surface area contributed by atoms with Gasteiger partial charge in [-0.25, -0.2) is 14.8 Å². The second-order valence-electron chi connectivity index (χ2n) is 6.66. The summed E-state index contributed by atoms with van der Waals surface area (Å²) in [4.78, 5) is 44.3. The van der Waals surface area contributed by atoms with Gasteiger partial charge in [0.25, 0.3) is 11.2 Å². The first-order valence-electron chi connectivity index (χ1n) is 8.54. The Morgan fingerprint density at radius 1 is 1.11 bits per heavy atom. The van der Waals surface area contributed by atoms with Crippen LogP contribution in [0.3, 0.4) is 0 Å². The molecule has 28 heavy (non-hydrogen) atoms. The van der Waals surface area contributed by atoms with Gasteiger partial charge >= 0.3 is 5.69 Å². The van der Waals surface area contributed by atoms with Crippen LogP contribution in [0.2, 0.25) is 0 Å². The van der Waals surface area contributed by atoms with E-state index in [4.69, 9.17) is 0 Å². The predicted molar refractivity (Wildman–Crippen MR) is 107 cm³/mol. The Morgan fingerprint density at radius 2 is 1.75 bits per heavy atom. The number of rotatable bonds is 5. The highest BCUT2D eigenvalue weighted by atomic mass is 32.2. The van der Waals surface area contributed by atoms with Gasteiger partial charge in [-0.05, 0) is 5.56 Å². The summed E-state index contributed by atoms with van der Waals surface area (Å²) in [5.41, 5.74) is 0.289. The summed E-state index contributed by atoms with van der Waals surface area (Å²) in [5.74, 6) is 1.03. The van der Waals surface area contributed by atoms with E-state index in [0.29, 0.717) is 27.6 Å². The molecule has 0 saturated carbocycles. The van der Waals surface area contributed by atoms with Crippen LogP contribution in [-0.4, -0.2) is 24.0 Å². The first kappa shape index (κ1) is 19.7. The number of non-ortho nitro benzene ring substituents is 1. The number of nitrogens with zero attached hydrogens (tertiary/aromatic N) is 5. The molecule has 3 aromatic rings. The predicted octanol–water partition coefficient (Wildman–Crippen LogP) is 2.35. The summed E-state index contributed by atoms with van der Waals surface area (Å²) in [5, 5.41) is 11.6. The molecule has 3 rings (SSSR count). The molecule has 2 aromatic heterocycles. The van der Waals surface area contributed by atoms with Gasteiger partial charge < -0.3 is 0 Å². The van der Waals surface area contributed by atoms with E-state index in [1.807, 2.05) is 13.8 Å². The van der Waals surface area contributed by atoms with Crippen molar-refractivity contribution in [1.29, 1.82) is 0 Å². The molecular weight excluding hydrogens is 382 g/mol. The average Bonchev–Trinajstić information content (AvgIpc) is 2.68. The SMILES string of the molecule is CC(C)c1nc(SCc2ccc([N+](=O)[O-])cc2)c2c(=O)n(C)c(=O)n(C)c2n1. The molecule has 0 spiro atoms. The van der Waals surface area contributed by atoms with Crippen molar-refractivity contribution < 1.29 is 4.92 Å². The molecule has 0 radical (unpaired) electrons. The van der Waals surface area contributed by atoms with Crippen molar-refractivity contribution in [2.75, 3.05) is 0 Å². The molecule has 146 valence electrons. The van der Waals surface area contributed by atoms with Crippen molar-refractivity contribution in [3.63, 3.8) is 0 Å². The molecule has 0 unspecified atom stereocenters. The molecule has 0 atom stereocenters. The van der Waals surface area contributed by atoms with E-state index in [0.717, 1.165) is 10.1 Å². The van der Waals surface area contributed by atoms with E-state index in [1.54, 1.807) is 19.2 Å². The zero-order valence-electron chi connectivity index (χ0n) is 15.9. The number of hydrogen-bond acceptors (Lipinski definition) is 7. The van der Waals surface area contributed by atoms with Crippen LogP contribution in [-0.2, 0) is 19.8 Å². The monoisotopic (exact) mass is 401 g/mol. The van der Waals surface area contributed by atoms with Gasteiger partial charge in [-0.1, -0.05) is 26.0 Å². The van der Waals surface area contributed by atoms with E-state index in [9.17, 15) is 19.7 Å². The maximum Gasteiger partial charge on any atom is 0.332 e. The fraction of sp³-hybridized carbons (Fsp3) is 0.333. The van der Waals surface area contributed by atoms with Gasteiger partial charge in [-0.3, -0.25) is 24.0 Å². The minimum absolute atomic E-state index is 0.0160. The zero-order valence-corrected chi connectivity index (χ0v) is 16.7. The molecule has 0 aliphatic heterocycles. The molecule has 1 aromatic carbocycles. The molecule has 0 aliphatic rings. The van der Waals surface area contributed by atoms with Crippen LogP contribution >= 0.6 is 11.8 Å². The van der Waals surface area contributed by atoms with Crippen LogP contribution < -0.4 is 11.2 Å². The number of nitro benzene ring substituents is 1. The molecule has 0 fully saturated rings. The highest BCUT2D eigenvalue weighted by Crippen LogP contribution is 2.27. The molecule has 0 aliphatic carbocycles. The lowest BCUT2D eigenvalue weighted by atomic mass is 10.2. The number of thioether (sulfide) groups is 1. The van der Waals surface area contributed by atoms with Crippen molar-refractivity contribution in [1.82, 2.24) is 19.1 Å². The Hall–Kier alpha value is -3.01. The van der Waals surface area contributed by atoms with Crippen molar-refractivity contribution in [2.45, 2.75) is 30.5 Å². The first-order valence-corrected chi connectivity index (χ1v) is 9.53. The largest absolute Gasteiger partial charge is 0.332 e. The van der Waals surface area contributed by atoms with Crippen molar-refractivity contribution in [3.8, 4) is 0 Å². The molecule has 0 saturated heterocycles. The fourth-order valence-electron chi connectivity index (χ4n) is 2.67. The number of nitro groups is 1. The van der Waals surface area contributed by atoms with Crippen molar-refractivity contribution in [2.24, 2.45) is 14.1 Å². The second kappa shape index (κ2) is 7.55. The maximum atomic E-state index is 12.7. The smallest absolute Gasteiger partial charge is 0.280 e. The summed E-state index contributed by atoms with van der Waals surface area (Å²) in [6, 6.07) is 6.23. The lowest BCUT2D eigenvalue weighted by molar-refractivity contribution is -0.384. The number of aryl methyl sites for hydroxylation is 1. The number of fused-ring (bicyclic) bond motifs is 1. The Kier molecular flexibility index (Phi) is 5.32. The lowest BCUT2D eigenvalue weighted by Crippen LogP contribution is -2.37. The molecule has 0 bridgehead atoms. The number of benzene rings is 1. The standard InChI is InChI=1S/C18H19N5O4S/c1-10(2)14-19-15-13(17(24)22(4)18(25)21(15)3)16(20-14)28-9-11-5-7-12(8-6-11)23(26)27/h5-8,10H,9H2,1-4H3. The Bertz CT molecular complexity index is 1180. The molecule has 10 heteroatoms. The topological polar surface area (TPSA) is 113 Å². The van der Waals surface area contributed by atoms with Gasteiger partial charge in [0.1, 0.15) is 16.2 Å². The van der Waals surface area contributed by atoms with Crippen LogP contribution in [0.25, 0.3) is 11.0 Å². The van der Waals surface area contributed by atoms with E-state index in [2.05, 4.69) is 9.97 Å². The summed E-state index contributed by atoms with van der Waals surface area (Å²) >= 11 is 1.34. The quantitative estimate of drug-likeness (QED) is 0.279. The summed E-state index contributed by atoms with van der Waals surface area (Å²) < 4.78 is 2.39. The van der Waals surface area contributed by atoms with Crippen LogP contribution in [0.1, 0.15) is 31.2 Å². The molecule has 2 heterocycles. The summed E-state index contributed by atoms with van der Waals surface area (Å²) in [6.07, 6.45) is 0. The first-order chi connectivity index (χ1) is 13.2. The lowest BCUT2D eigenvalue weighted by Gasteiger charge is -2.13. The second-order valence-corrected chi connectivity index (χ2v) is 7.62. The van der Waals surface area contributed by atoms with E-state index < -0.39 is 16.2 Å². The van der Waals surface area contributed by atoms with Crippen LogP contribution in [0, 0.1) is 10.1 Å². The highest BCUT2D eigenvalue weighted by molar-refractivity contribution is 7.98. The van der Waals surface area contributed by atoms with E-state index >= 15 is 0 Å². The van der Waals surface area contributed by atoms with Gasteiger partial charge in [0.15, 0.2) is 5.65 Å². The fourth-order valence-corrected chi connectivity index (χ4v) is 3.65. The Balaban J connectivity index is 2.09. The van der Waals surface area contributed by atoms with Crippen molar-refractivity contribution >= 4 is 28.5 Å². The van der Waals surface area contributed by atoms with Gasteiger partial charge in [0.05, 0.1) is 4.92 Å². The average molecular weight is 401 g/mol. The molecular formula is C18H19N5O4S. The number of hydrogen-bond donors (Lipinski definition) is 0. The van der Waals surface area contributed by atoms with Gasteiger partial charge in [0, 0.05) is 37.9 Å². The summed E-state index contributed by atoms with van der Waals surface area (Å²) in [6.45, 7) is 3.87. The minimum Gasteiger partial charge on any atom is -0.280 e. The Labute approximate surface area is 164 Å². The summed E-state index contributed by atoms with van der Waals surface area (Å²) in [7, 11) is 3.00. The number of aromatic nitrogens is 4. The Morgan fingerprint density at radius 3 is 2.32 bits per heavy atom. The van der Waals surface area contributed by atoms with Crippen LogP contribution in [0.4, 0.5) is 5.69 Å². The molecule has 9 nitrogen and oxygen atoms in total. The van der Waals surface area contributed by atoms with E-state index in [-0.39, 0.29) is 11.6 Å². The minimum atomic E-state index is -0.450. The van der Waals surface area contributed by atoms with Gasteiger partial charge in [-0.15, -0.1) is 11.8 Å². The molecule has 0 amide bonds. The highest BCUT2D eigenvalue weighted by Gasteiger charge is 2.18. The van der Waals surface area contributed by atoms with Crippen molar-refractivity contribution in [3.05, 3.63) is 66.6 Å². The van der Waals surface area contributed by atoms with E-state index in [1.165, 1.54) is 35.5 Å². The third kappa shape index (κ3) is 3.55. The normalized spacial score (nSPS) is 11.3. The van der Waals surface area contributed by atoms with Crippen LogP contribution in [0.15, 0.2) is 38.9 Å².